The van der Waals surface area contributed by atoms with Gasteiger partial charge in [0.05, 0.1) is 6.61 Å². The molecule has 7 unspecified atom stereocenters. The Hall–Kier alpha value is 0.970. The van der Waals surface area contributed by atoms with E-state index < -0.39 is 65.9 Å². The fraction of sp³-hybridized carbons (Fsp3) is 0.556. The largest absolute Gasteiger partial charge is 1.00 e. The van der Waals surface area contributed by atoms with Gasteiger partial charge in [-0.15, -0.1) is 0 Å². The molecule has 0 aromatic carbocycles. The van der Waals surface area contributed by atoms with E-state index in [1.54, 1.807) is 0 Å². The summed E-state index contributed by atoms with van der Waals surface area (Å²) < 4.78 is 49.7. The number of phosphoric ester groups is 1. The zero-order chi connectivity index (χ0) is 22.2. The predicted octanol–water partition coefficient (Wildman–Crippen LogP) is -9.76. The first kappa shape index (κ1) is 32.0. The van der Waals surface area contributed by atoms with Crippen LogP contribution < -0.4 is 80.2 Å². The first-order chi connectivity index (χ1) is 13.1. The van der Waals surface area contributed by atoms with E-state index in [1.165, 1.54) is 0 Å². The maximum Gasteiger partial charge on any atom is 1.00 e. The minimum Gasteiger partial charge on any atom is -0.756 e. The number of ether oxygens (including phenoxy) is 1. The monoisotopic (exact) mass is 528 g/mol. The summed E-state index contributed by atoms with van der Waals surface area (Å²) in [5.41, 5.74) is -1.78. The second kappa shape index (κ2) is 12.1. The molecule has 1 saturated heterocycles. The summed E-state index contributed by atoms with van der Waals surface area (Å²) in [6.07, 6.45) is -5.87. The number of nitrogens with zero attached hydrogens (tertiary/aromatic N) is 1. The standard InChI is InChI=1S/C9H15N2O15P3.2Na/c12-5-1-2-11(9(15)10-5)8-7(14)6(13)4(24-8)3-23-28(19,20)26-29(21,22)25-27(16,17)18;;/h1-2,4,6-8,13-14H,3H2,(H,19,20)(H,21,22)(H,10,12,15)(H2,16,17,18);;/q;2*+1/p-2. The van der Waals surface area contributed by atoms with Crippen molar-refractivity contribution in [3.8, 4) is 0 Å². The van der Waals surface area contributed by atoms with E-state index in [0.29, 0.717) is 4.57 Å². The molecule has 17 nitrogen and oxygen atoms in total. The molecule has 1 fully saturated rings. The van der Waals surface area contributed by atoms with Crippen molar-refractivity contribution in [3.05, 3.63) is 33.1 Å². The summed E-state index contributed by atoms with van der Waals surface area (Å²) >= 11 is 0. The summed E-state index contributed by atoms with van der Waals surface area (Å²) in [7, 11) is -17.4. The van der Waals surface area contributed by atoms with Crippen molar-refractivity contribution in [1.29, 1.82) is 0 Å². The summed E-state index contributed by atoms with van der Waals surface area (Å²) in [5.74, 6) is 0. The average molecular weight is 528 g/mol. The summed E-state index contributed by atoms with van der Waals surface area (Å²) in [6, 6.07) is 0.905. The van der Waals surface area contributed by atoms with Gasteiger partial charge >= 0.3 is 72.6 Å². The molecule has 7 atom stereocenters. The van der Waals surface area contributed by atoms with Crippen molar-refractivity contribution in [3.63, 3.8) is 0 Å². The molecule has 166 valence electrons. The zero-order valence-electron chi connectivity index (χ0n) is 15.7. The molecule has 0 amide bonds. The first-order valence-electron chi connectivity index (χ1n) is 7.18. The van der Waals surface area contributed by atoms with Crippen LogP contribution in [0, 0.1) is 0 Å². The van der Waals surface area contributed by atoms with Crippen molar-refractivity contribution in [2.45, 2.75) is 24.5 Å². The Morgan fingerprint density at radius 2 is 1.68 bits per heavy atom. The van der Waals surface area contributed by atoms with Crippen LogP contribution in [0.2, 0.25) is 0 Å². The quantitative estimate of drug-likeness (QED) is 0.155. The van der Waals surface area contributed by atoms with Crippen LogP contribution in [0.1, 0.15) is 6.23 Å². The Morgan fingerprint density at radius 1 is 1.10 bits per heavy atom. The fourth-order valence-corrected chi connectivity index (χ4v) is 5.14. The van der Waals surface area contributed by atoms with E-state index >= 15 is 0 Å². The molecule has 2 heterocycles. The second-order valence-electron chi connectivity index (χ2n) is 5.41. The number of rotatable bonds is 8. The van der Waals surface area contributed by atoms with Gasteiger partial charge in [0, 0.05) is 12.3 Å². The van der Waals surface area contributed by atoms with Gasteiger partial charge in [0.1, 0.15) is 18.3 Å². The second-order valence-corrected chi connectivity index (χ2v) is 9.74. The number of hydrogen-bond acceptors (Lipinski definition) is 13. The number of phosphoric acid groups is 3. The molecule has 1 aromatic rings. The molecule has 0 bridgehead atoms. The minimum absolute atomic E-state index is 0. The Kier molecular flexibility index (Phi) is 12.5. The molecule has 2 rings (SSSR count). The van der Waals surface area contributed by atoms with E-state index in [-0.39, 0.29) is 59.1 Å². The van der Waals surface area contributed by atoms with Gasteiger partial charge in [0.25, 0.3) is 21.2 Å². The maximum atomic E-state index is 11.7. The normalized spacial score (nSPS) is 29.0. The van der Waals surface area contributed by atoms with Crippen molar-refractivity contribution in [2.24, 2.45) is 0 Å². The topological polar surface area (TPSA) is 270 Å². The Balaban J connectivity index is 0.00000450. The third kappa shape index (κ3) is 9.62. The number of aliphatic hydroxyl groups excluding tert-OH is 2. The van der Waals surface area contributed by atoms with Crippen LogP contribution in [0.25, 0.3) is 0 Å². The van der Waals surface area contributed by atoms with E-state index in [2.05, 4.69) is 13.1 Å². The molecule has 5 N–H and O–H groups in total. The van der Waals surface area contributed by atoms with E-state index in [9.17, 15) is 43.3 Å². The molecule has 1 aromatic heterocycles. The van der Waals surface area contributed by atoms with Gasteiger partial charge in [0.15, 0.2) is 6.23 Å². The van der Waals surface area contributed by atoms with E-state index in [4.69, 9.17) is 14.5 Å². The zero-order valence-corrected chi connectivity index (χ0v) is 22.4. The van der Waals surface area contributed by atoms with Gasteiger partial charge < -0.3 is 39.0 Å². The van der Waals surface area contributed by atoms with Crippen LogP contribution in [0.5, 0.6) is 0 Å². The minimum atomic E-state index is -5.85. The Morgan fingerprint density at radius 3 is 2.19 bits per heavy atom. The third-order valence-electron chi connectivity index (χ3n) is 3.27. The van der Waals surface area contributed by atoms with Crippen LogP contribution in [-0.4, -0.2) is 54.5 Å². The number of hydrogen-bond donors (Lipinski definition) is 5. The average Bonchev–Trinajstić information content (AvgIpc) is 2.78. The van der Waals surface area contributed by atoms with Crippen molar-refractivity contribution in [2.75, 3.05) is 6.61 Å². The maximum absolute atomic E-state index is 11.7. The molecule has 0 saturated carbocycles. The smallest absolute Gasteiger partial charge is 0.756 e. The first-order valence-corrected chi connectivity index (χ1v) is 11.6. The molecule has 1 aliphatic rings. The number of aliphatic hydroxyl groups is 2. The summed E-state index contributed by atoms with van der Waals surface area (Å²) in [5, 5.41) is 19.9. The number of aromatic amines is 1. The molecule has 22 heteroatoms. The SMILES string of the molecule is O=c1ccn(C2OC(COP(=O)([O-])OP(=O)(O)OP(=O)([O-])O)C(O)C2O)c(=O)[nH]1.[Na+].[Na+]. The predicted molar refractivity (Wildman–Crippen MR) is 82.6 cm³/mol. The molecule has 0 aliphatic carbocycles. The van der Waals surface area contributed by atoms with Crippen LogP contribution in [0.4, 0.5) is 0 Å². The van der Waals surface area contributed by atoms with E-state index in [0.717, 1.165) is 12.3 Å². The van der Waals surface area contributed by atoms with Crippen LogP contribution in [-0.2, 0) is 31.6 Å². The number of aromatic nitrogens is 2. The third-order valence-corrected chi connectivity index (χ3v) is 7.01. The summed E-state index contributed by atoms with van der Waals surface area (Å²) in [4.78, 5) is 63.8. The van der Waals surface area contributed by atoms with Crippen LogP contribution in [0.15, 0.2) is 21.9 Å². The number of H-pyrrole nitrogens is 1. The van der Waals surface area contributed by atoms with Crippen LogP contribution in [0.3, 0.4) is 0 Å². The van der Waals surface area contributed by atoms with Gasteiger partial charge in [-0.3, -0.25) is 23.5 Å². The van der Waals surface area contributed by atoms with Gasteiger partial charge in [-0.1, -0.05) is 0 Å². The summed E-state index contributed by atoms with van der Waals surface area (Å²) in [6.45, 7) is -1.12. The van der Waals surface area contributed by atoms with E-state index in [1.807, 2.05) is 4.98 Å². The van der Waals surface area contributed by atoms with Crippen molar-refractivity contribution >= 4 is 23.5 Å². The van der Waals surface area contributed by atoms with Gasteiger partial charge in [-0.05, 0) is 0 Å². The fourth-order valence-electron chi connectivity index (χ4n) is 2.18. The van der Waals surface area contributed by atoms with Crippen molar-refractivity contribution in [1.82, 2.24) is 9.55 Å². The van der Waals surface area contributed by atoms with Gasteiger partial charge in [-0.25, -0.2) is 18.0 Å². The van der Waals surface area contributed by atoms with Crippen LogP contribution >= 0.6 is 23.5 Å². The molecule has 31 heavy (non-hydrogen) atoms. The molecular weight excluding hydrogens is 515 g/mol. The molecule has 0 spiro atoms. The molecular formula is C9H13N2Na2O15P3. The van der Waals surface area contributed by atoms with Crippen molar-refractivity contribution < 1.29 is 120 Å². The van der Waals surface area contributed by atoms with Gasteiger partial charge in [0.2, 0.25) is 0 Å². The molecule has 1 aliphatic heterocycles. The molecule has 0 radical (unpaired) electrons. The van der Waals surface area contributed by atoms with Gasteiger partial charge in [-0.2, -0.15) is 0 Å². The Bertz CT molecular complexity index is 1010. The Labute approximate surface area is 216 Å². The number of nitrogens with one attached hydrogen (secondary N) is 1.